The zero-order valence-electron chi connectivity index (χ0n) is 8.30. The molecule has 1 rings (SSSR count). The summed E-state index contributed by atoms with van der Waals surface area (Å²) in [6.07, 6.45) is 1.39. The van der Waals surface area contributed by atoms with Crippen LogP contribution >= 0.6 is 0 Å². The minimum Gasteiger partial charge on any atom is -0.301 e. The number of hydrogen-bond donors (Lipinski definition) is 0. The first-order valence-electron chi connectivity index (χ1n) is 4.85. The maximum absolute atomic E-state index is 2.59. The standard InChI is InChI=1S/C10H21N/c1-8(2)11-6-5-9(3)10(4)7-11/h8-10H,5-7H2,1-4H3/t9-,10+/m1/s1. The lowest BCUT2D eigenvalue weighted by Crippen LogP contribution is -2.42. The Balaban J connectivity index is 2.40. The first kappa shape index (κ1) is 9.05. The topological polar surface area (TPSA) is 3.24 Å². The highest BCUT2D eigenvalue weighted by molar-refractivity contribution is 4.76. The Labute approximate surface area is 70.8 Å². The van der Waals surface area contributed by atoms with E-state index in [0.29, 0.717) is 0 Å². The summed E-state index contributed by atoms with van der Waals surface area (Å²) < 4.78 is 0. The molecule has 0 N–H and O–H groups in total. The molecule has 0 aliphatic carbocycles. The number of likely N-dealkylation sites (tertiary alicyclic amines) is 1. The van der Waals surface area contributed by atoms with Crippen molar-refractivity contribution in [3.63, 3.8) is 0 Å². The van der Waals surface area contributed by atoms with Crippen molar-refractivity contribution in [3.8, 4) is 0 Å². The first-order valence-corrected chi connectivity index (χ1v) is 4.85. The molecule has 1 heterocycles. The highest BCUT2D eigenvalue weighted by Crippen LogP contribution is 2.23. The van der Waals surface area contributed by atoms with Gasteiger partial charge in [-0.15, -0.1) is 0 Å². The largest absolute Gasteiger partial charge is 0.301 e. The fraction of sp³-hybridized carbons (Fsp3) is 1.00. The van der Waals surface area contributed by atoms with Gasteiger partial charge in [0, 0.05) is 12.6 Å². The van der Waals surface area contributed by atoms with Gasteiger partial charge in [0.05, 0.1) is 0 Å². The molecule has 1 saturated heterocycles. The molecular weight excluding hydrogens is 134 g/mol. The molecule has 11 heavy (non-hydrogen) atoms. The molecule has 0 aromatic carbocycles. The second kappa shape index (κ2) is 3.57. The number of piperidine rings is 1. The van der Waals surface area contributed by atoms with E-state index < -0.39 is 0 Å². The fourth-order valence-electron chi connectivity index (χ4n) is 1.76. The van der Waals surface area contributed by atoms with E-state index >= 15 is 0 Å². The summed E-state index contributed by atoms with van der Waals surface area (Å²) in [5.41, 5.74) is 0. The SMILES string of the molecule is CC(C)N1CC[C@@H](C)[C@@H](C)C1. The third kappa shape index (κ3) is 2.19. The summed E-state index contributed by atoms with van der Waals surface area (Å²) in [5, 5.41) is 0. The smallest absolute Gasteiger partial charge is 0.00387 e. The lowest BCUT2D eigenvalue weighted by atomic mass is 9.88. The van der Waals surface area contributed by atoms with Crippen molar-refractivity contribution in [2.45, 2.75) is 40.2 Å². The van der Waals surface area contributed by atoms with Gasteiger partial charge in [0.25, 0.3) is 0 Å². The molecule has 1 heteroatoms. The Morgan fingerprint density at radius 2 is 1.82 bits per heavy atom. The van der Waals surface area contributed by atoms with Crippen LogP contribution in [0.2, 0.25) is 0 Å². The van der Waals surface area contributed by atoms with Crippen LogP contribution in [0.5, 0.6) is 0 Å². The van der Waals surface area contributed by atoms with Crippen molar-refractivity contribution in [1.82, 2.24) is 4.90 Å². The molecule has 0 saturated carbocycles. The zero-order chi connectivity index (χ0) is 8.43. The summed E-state index contributed by atoms with van der Waals surface area (Å²) in [6, 6.07) is 0.741. The maximum Gasteiger partial charge on any atom is 0.00387 e. The second-order valence-corrected chi connectivity index (χ2v) is 4.33. The molecule has 2 atom stereocenters. The minimum absolute atomic E-state index is 0.741. The summed E-state index contributed by atoms with van der Waals surface area (Å²) in [7, 11) is 0. The van der Waals surface area contributed by atoms with Gasteiger partial charge in [0.2, 0.25) is 0 Å². The molecular formula is C10H21N. The van der Waals surface area contributed by atoms with Crippen LogP contribution in [0.4, 0.5) is 0 Å². The van der Waals surface area contributed by atoms with E-state index in [1.54, 1.807) is 0 Å². The highest BCUT2D eigenvalue weighted by Gasteiger charge is 2.23. The van der Waals surface area contributed by atoms with Crippen molar-refractivity contribution in [2.24, 2.45) is 11.8 Å². The third-order valence-corrected chi connectivity index (χ3v) is 3.10. The zero-order valence-corrected chi connectivity index (χ0v) is 8.30. The monoisotopic (exact) mass is 155 g/mol. The molecule has 0 aromatic heterocycles. The van der Waals surface area contributed by atoms with Crippen molar-refractivity contribution in [3.05, 3.63) is 0 Å². The van der Waals surface area contributed by atoms with Gasteiger partial charge in [-0.3, -0.25) is 0 Å². The summed E-state index contributed by atoms with van der Waals surface area (Å²) in [6.45, 7) is 12.0. The molecule has 66 valence electrons. The van der Waals surface area contributed by atoms with Crippen LogP contribution in [0, 0.1) is 11.8 Å². The molecule has 0 radical (unpaired) electrons. The van der Waals surface area contributed by atoms with E-state index in [2.05, 4.69) is 32.6 Å². The van der Waals surface area contributed by atoms with Gasteiger partial charge < -0.3 is 4.90 Å². The van der Waals surface area contributed by atoms with Crippen LogP contribution in [-0.4, -0.2) is 24.0 Å². The van der Waals surface area contributed by atoms with Crippen LogP contribution in [-0.2, 0) is 0 Å². The van der Waals surface area contributed by atoms with Crippen molar-refractivity contribution < 1.29 is 0 Å². The van der Waals surface area contributed by atoms with Gasteiger partial charge in [0.15, 0.2) is 0 Å². The van der Waals surface area contributed by atoms with Crippen LogP contribution in [0.1, 0.15) is 34.1 Å². The van der Waals surface area contributed by atoms with Gasteiger partial charge >= 0.3 is 0 Å². The van der Waals surface area contributed by atoms with Gasteiger partial charge in [-0.1, -0.05) is 13.8 Å². The summed E-state index contributed by atoms with van der Waals surface area (Å²) >= 11 is 0. The normalized spacial score (nSPS) is 34.6. The van der Waals surface area contributed by atoms with Crippen LogP contribution in [0.15, 0.2) is 0 Å². The van der Waals surface area contributed by atoms with Gasteiger partial charge in [-0.25, -0.2) is 0 Å². The Kier molecular flexibility index (Phi) is 2.94. The van der Waals surface area contributed by atoms with E-state index in [-0.39, 0.29) is 0 Å². The second-order valence-electron chi connectivity index (χ2n) is 4.33. The quantitative estimate of drug-likeness (QED) is 0.562. The molecule has 1 aliphatic heterocycles. The Morgan fingerprint density at radius 1 is 1.18 bits per heavy atom. The summed E-state index contributed by atoms with van der Waals surface area (Å²) in [5.74, 6) is 1.83. The van der Waals surface area contributed by atoms with Gasteiger partial charge in [0.1, 0.15) is 0 Å². The van der Waals surface area contributed by atoms with E-state index in [1.165, 1.54) is 19.5 Å². The first-order chi connectivity index (χ1) is 5.11. The molecule has 0 amide bonds. The Bertz CT molecular complexity index is 120. The number of hydrogen-bond acceptors (Lipinski definition) is 1. The molecule has 0 bridgehead atoms. The van der Waals surface area contributed by atoms with E-state index in [0.717, 1.165) is 17.9 Å². The van der Waals surface area contributed by atoms with Crippen molar-refractivity contribution in [1.29, 1.82) is 0 Å². The minimum atomic E-state index is 0.741. The molecule has 0 unspecified atom stereocenters. The lowest BCUT2D eigenvalue weighted by Gasteiger charge is -2.37. The van der Waals surface area contributed by atoms with Crippen molar-refractivity contribution >= 4 is 0 Å². The average Bonchev–Trinajstić information content (AvgIpc) is 1.94. The predicted octanol–water partition coefficient (Wildman–Crippen LogP) is 2.37. The Hall–Kier alpha value is -0.0400. The molecule has 0 spiro atoms. The molecule has 1 aliphatic rings. The predicted molar refractivity (Wildman–Crippen MR) is 49.7 cm³/mol. The molecule has 0 aromatic rings. The maximum atomic E-state index is 2.59. The van der Waals surface area contributed by atoms with E-state index in [9.17, 15) is 0 Å². The third-order valence-electron chi connectivity index (χ3n) is 3.10. The highest BCUT2D eigenvalue weighted by atomic mass is 15.2. The molecule has 1 fully saturated rings. The van der Waals surface area contributed by atoms with Crippen molar-refractivity contribution in [2.75, 3.05) is 13.1 Å². The van der Waals surface area contributed by atoms with Crippen LogP contribution < -0.4 is 0 Å². The van der Waals surface area contributed by atoms with Gasteiger partial charge in [-0.05, 0) is 38.6 Å². The van der Waals surface area contributed by atoms with Crippen LogP contribution in [0.25, 0.3) is 0 Å². The van der Waals surface area contributed by atoms with E-state index in [4.69, 9.17) is 0 Å². The van der Waals surface area contributed by atoms with E-state index in [1.807, 2.05) is 0 Å². The number of nitrogens with zero attached hydrogens (tertiary/aromatic N) is 1. The lowest BCUT2D eigenvalue weighted by molar-refractivity contribution is 0.110. The van der Waals surface area contributed by atoms with Gasteiger partial charge in [-0.2, -0.15) is 0 Å². The number of rotatable bonds is 1. The summed E-state index contributed by atoms with van der Waals surface area (Å²) in [4.78, 5) is 2.59. The fourth-order valence-corrected chi connectivity index (χ4v) is 1.76. The van der Waals surface area contributed by atoms with Crippen LogP contribution in [0.3, 0.4) is 0 Å². The Morgan fingerprint density at radius 3 is 2.27 bits per heavy atom. The average molecular weight is 155 g/mol. The molecule has 1 nitrogen and oxygen atoms in total.